The summed E-state index contributed by atoms with van der Waals surface area (Å²) in [6, 6.07) is 13.6. The van der Waals surface area contributed by atoms with Crippen LogP contribution in [0.25, 0.3) is 0 Å². The highest BCUT2D eigenvalue weighted by atomic mass is 35.5. The smallest absolute Gasteiger partial charge is 0.232 e. The second-order valence-electron chi connectivity index (χ2n) is 5.39. The summed E-state index contributed by atoms with van der Waals surface area (Å²) < 4.78 is 13.1. The van der Waals surface area contributed by atoms with Crippen molar-refractivity contribution in [2.75, 3.05) is 5.32 Å². The van der Waals surface area contributed by atoms with E-state index in [0.717, 1.165) is 12.0 Å². The van der Waals surface area contributed by atoms with Gasteiger partial charge < -0.3 is 5.32 Å². The Hall–Kier alpha value is -1.87. The minimum absolute atomic E-state index is 0.131. The molecular formula is C18H19ClFNO. The lowest BCUT2D eigenvalue weighted by Gasteiger charge is -2.23. The number of amides is 1. The van der Waals surface area contributed by atoms with Crippen molar-refractivity contribution in [2.24, 2.45) is 5.92 Å². The lowest BCUT2D eigenvalue weighted by Crippen LogP contribution is -2.26. The van der Waals surface area contributed by atoms with E-state index in [2.05, 4.69) is 12.2 Å². The lowest BCUT2D eigenvalue weighted by atomic mass is 9.85. The van der Waals surface area contributed by atoms with Gasteiger partial charge in [0.05, 0.1) is 16.6 Å². The van der Waals surface area contributed by atoms with Crippen LogP contribution in [0, 0.1) is 11.7 Å². The van der Waals surface area contributed by atoms with Crippen LogP contribution in [0.4, 0.5) is 10.1 Å². The summed E-state index contributed by atoms with van der Waals surface area (Å²) >= 11 is 5.98. The summed E-state index contributed by atoms with van der Waals surface area (Å²) in [5.41, 5.74) is 1.39. The van der Waals surface area contributed by atoms with Crippen molar-refractivity contribution in [3.63, 3.8) is 0 Å². The Balaban J connectivity index is 2.26. The maximum absolute atomic E-state index is 13.1. The molecule has 2 aromatic carbocycles. The molecule has 0 aliphatic heterocycles. The summed E-state index contributed by atoms with van der Waals surface area (Å²) in [5.74, 6) is -0.646. The summed E-state index contributed by atoms with van der Waals surface area (Å²) in [7, 11) is 0. The van der Waals surface area contributed by atoms with Crippen LogP contribution in [-0.4, -0.2) is 5.91 Å². The minimum Gasteiger partial charge on any atom is -0.324 e. The second kappa shape index (κ2) is 7.41. The van der Waals surface area contributed by atoms with Crippen LogP contribution in [0.2, 0.25) is 5.02 Å². The third-order valence-electron chi connectivity index (χ3n) is 3.84. The van der Waals surface area contributed by atoms with Gasteiger partial charge in [-0.05, 0) is 29.7 Å². The molecule has 0 saturated heterocycles. The Morgan fingerprint density at radius 3 is 2.50 bits per heavy atom. The largest absolute Gasteiger partial charge is 0.324 e. The Morgan fingerprint density at radius 2 is 1.91 bits per heavy atom. The van der Waals surface area contributed by atoms with Gasteiger partial charge in [-0.2, -0.15) is 0 Å². The number of hydrogen-bond donors (Lipinski definition) is 1. The SMILES string of the molecule is CC[C@@H](C)[C@H](C(=O)Nc1ccc(F)cc1Cl)c1ccccc1. The molecule has 2 nitrogen and oxygen atoms in total. The van der Waals surface area contributed by atoms with Crippen LogP contribution in [0.1, 0.15) is 31.7 Å². The standard InChI is InChI=1S/C18H19ClFNO/c1-3-12(2)17(13-7-5-4-6-8-13)18(22)21-16-10-9-14(20)11-15(16)19/h4-12,17H,3H2,1-2H3,(H,21,22)/t12-,17+/m1/s1. The van der Waals surface area contributed by atoms with E-state index in [1.165, 1.54) is 18.2 Å². The highest BCUT2D eigenvalue weighted by Gasteiger charge is 2.26. The highest BCUT2D eigenvalue weighted by Crippen LogP contribution is 2.30. The van der Waals surface area contributed by atoms with Gasteiger partial charge in [0, 0.05) is 0 Å². The van der Waals surface area contributed by atoms with Gasteiger partial charge in [-0.15, -0.1) is 0 Å². The van der Waals surface area contributed by atoms with Gasteiger partial charge in [0.15, 0.2) is 0 Å². The molecule has 1 N–H and O–H groups in total. The zero-order valence-electron chi connectivity index (χ0n) is 12.6. The molecule has 0 bridgehead atoms. The molecule has 4 heteroatoms. The predicted octanol–water partition coefficient (Wildman–Crippen LogP) is 5.25. The molecule has 2 aromatic rings. The highest BCUT2D eigenvalue weighted by molar-refractivity contribution is 6.33. The molecule has 0 aliphatic carbocycles. The van der Waals surface area contributed by atoms with E-state index >= 15 is 0 Å². The lowest BCUT2D eigenvalue weighted by molar-refractivity contribution is -0.118. The van der Waals surface area contributed by atoms with Crippen LogP contribution >= 0.6 is 11.6 Å². The van der Waals surface area contributed by atoms with Crippen molar-refractivity contribution in [3.05, 3.63) is 64.9 Å². The normalized spacial score (nSPS) is 13.5. The molecule has 0 aromatic heterocycles. The first kappa shape index (κ1) is 16.5. The maximum Gasteiger partial charge on any atom is 0.232 e. The van der Waals surface area contributed by atoms with Gasteiger partial charge >= 0.3 is 0 Å². The molecule has 2 atom stereocenters. The summed E-state index contributed by atoms with van der Waals surface area (Å²) in [5, 5.41) is 3.01. The van der Waals surface area contributed by atoms with Gasteiger partial charge in [-0.3, -0.25) is 4.79 Å². The van der Waals surface area contributed by atoms with Crippen molar-refractivity contribution in [1.82, 2.24) is 0 Å². The van der Waals surface area contributed by atoms with Crippen LogP contribution in [-0.2, 0) is 4.79 Å². The zero-order valence-corrected chi connectivity index (χ0v) is 13.4. The monoisotopic (exact) mass is 319 g/mol. The molecule has 0 heterocycles. The number of anilines is 1. The Bertz CT molecular complexity index is 645. The number of benzene rings is 2. The van der Waals surface area contributed by atoms with Crippen molar-refractivity contribution in [3.8, 4) is 0 Å². The Kier molecular flexibility index (Phi) is 5.56. The Morgan fingerprint density at radius 1 is 1.23 bits per heavy atom. The van der Waals surface area contributed by atoms with E-state index in [1.54, 1.807) is 0 Å². The molecular weight excluding hydrogens is 301 g/mol. The van der Waals surface area contributed by atoms with E-state index in [4.69, 9.17) is 11.6 Å². The molecule has 0 spiro atoms. The zero-order chi connectivity index (χ0) is 16.1. The number of carbonyl (C=O) groups excluding carboxylic acids is 1. The van der Waals surface area contributed by atoms with Crippen molar-refractivity contribution < 1.29 is 9.18 Å². The maximum atomic E-state index is 13.1. The number of carbonyl (C=O) groups is 1. The fourth-order valence-corrected chi connectivity index (χ4v) is 2.65. The van der Waals surface area contributed by atoms with Crippen LogP contribution in [0.15, 0.2) is 48.5 Å². The first-order valence-corrected chi connectivity index (χ1v) is 7.71. The molecule has 0 unspecified atom stereocenters. The fraction of sp³-hybridized carbons (Fsp3) is 0.278. The van der Waals surface area contributed by atoms with E-state index in [-0.39, 0.29) is 22.8 Å². The fourth-order valence-electron chi connectivity index (χ4n) is 2.44. The molecule has 1 amide bonds. The topological polar surface area (TPSA) is 29.1 Å². The third-order valence-corrected chi connectivity index (χ3v) is 4.16. The van der Waals surface area contributed by atoms with E-state index in [0.29, 0.717) is 5.69 Å². The third kappa shape index (κ3) is 3.86. The molecule has 22 heavy (non-hydrogen) atoms. The van der Waals surface area contributed by atoms with Gasteiger partial charge in [-0.25, -0.2) is 4.39 Å². The average Bonchev–Trinajstić information content (AvgIpc) is 2.51. The number of hydrogen-bond acceptors (Lipinski definition) is 1. The summed E-state index contributed by atoms with van der Waals surface area (Å²) in [6.07, 6.45) is 0.879. The average molecular weight is 320 g/mol. The number of nitrogens with one attached hydrogen (secondary N) is 1. The van der Waals surface area contributed by atoms with Crippen molar-refractivity contribution >= 4 is 23.2 Å². The molecule has 0 radical (unpaired) electrons. The van der Waals surface area contributed by atoms with Crippen LogP contribution in [0.5, 0.6) is 0 Å². The van der Waals surface area contributed by atoms with Crippen molar-refractivity contribution in [2.45, 2.75) is 26.2 Å². The molecule has 116 valence electrons. The van der Waals surface area contributed by atoms with Crippen LogP contribution < -0.4 is 5.32 Å². The second-order valence-corrected chi connectivity index (χ2v) is 5.79. The van der Waals surface area contributed by atoms with Gasteiger partial charge in [0.2, 0.25) is 5.91 Å². The molecule has 2 rings (SSSR count). The molecule has 0 saturated carbocycles. The summed E-state index contributed by atoms with van der Waals surface area (Å²) in [4.78, 5) is 12.7. The van der Waals surface area contributed by atoms with E-state index in [9.17, 15) is 9.18 Å². The summed E-state index contributed by atoms with van der Waals surface area (Å²) in [6.45, 7) is 4.10. The number of halogens is 2. The quantitative estimate of drug-likeness (QED) is 0.801. The van der Waals surface area contributed by atoms with E-state index < -0.39 is 5.82 Å². The first-order chi connectivity index (χ1) is 10.5. The van der Waals surface area contributed by atoms with Crippen molar-refractivity contribution in [1.29, 1.82) is 0 Å². The van der Waals surface area contributed by atoms with E-state index in [1.807, 2.05) is 37.3 Å². The van der Waals surface area contributed by atoms with Gasteiger partial charge in [0.25, 0.3) is 0 Å². The Labute approximate surface area is 135 Å². The predicted molar refractivity (Wildman–Crippen MR) is 88.7 cm³/mol. The molecule has 0 fully saturated rings. The van der Waals surface area contributed by atoms with Gasteiger partial charge in [-0.1, -0.05) is 62.2 Å². The van der Waals surface area contributed by atoms with Crippen LogP contribution in [0.3, 0.4) is 0 Å². The minimum atomic E-state index is -0.426. The van der Waals surface area contributed by atoms with Gasteiger partial charge in [0.1, 0.15) is 5.82 Å². The molecule has 0 aliphatic rings. The number of rotatable bonds is 5. The first-order valence-electron chi connectivity index (χ1n) is 7.33.